The first kappa shape index (κ1) is 22.7. The molecule has 0 saturated carbocycles. The second kappa shape index (κ2) is 10.9. The molecule has 2 aromatic carbocycles. The van der Waals surface area contributed by atoms with Gasteiger partial charge >= 0.3 is 0 Å². The zero-order valence-electron chi connectivity index (χ0n) is 18.8. The smallest absolute Gasteiger partial charge is 0.257 e. The number of piperazine rings is 1. The maximum absolute atomic E-state index is 12.3. The molecular weight excluding hydrogens is 396 g/mol. The van der Waals surface area contributed by atoms with Gasteiger partial charge < -0.3 is 28.7 Å². The molecule has 1 saturated heterocycles. The van der Waals surface area contributed by atoms with E-state index >= 15 is 0 Å². The Kier molecular flexibility index (Phi) is 8.00. The first-order chi connectivity index (χ1) is 15.1. The molecule has 4 rings (SSSR count). The van der Waals surface area contributed by atoms with Crippen LogP contribution in [-0.4, -0.2) is 76.9 Å². The van der Waals surface area contributed by atoms with Crippen molar-refractivity contribution in [2.45, 2.75) is 12.8 Å². The third kappa shape index (κ3) is 5.61. The summed E-state index contributed by atoms with van der Waals surface area (Å²) in [5.74, 6) is 3.25. The lowest BCUT2D eigenvalue weighted by molar-refractivity contribution is 0.0661. The summed E-state index contributed by atoms with van der Waals surface area (Å²) in [4.78, 5) is 16.4. The lowest BCUT2D eigenvalue weighted by atomic mass is 10.0. The number of hydrogen-bond acceptors (Lipinski definition) is 6. The van der Waals surface area contributed by atoms with E-state index in [9.17, 15) is 4.79 Å². The fraction of sp³-hybridized carbons (Fsp3) is 0.458. The average molecular weight is 429 g/mol. The van der Waals surface area contributed by atoms with Crippen molar-refractivity contribution >= 4 is 5.91 Å². The lowest BCUT2D eigenvalue weighted by Crippen LogP contribution is -2.47. The molecule has 2 aliphatic rings. The molecule has 2 aromatic rings. The second-order valence-corrected chi connectivity index (χ2v) is 7.55. The van der Waals surface area contributed by atoms with Gasteiger partial charge in [-0.05, 0) is 32.0 Å². The third-order valence-corrected chi connectivity index (χ3v) is 5.55. The van der Waals surface area contributed by atoms with Crippen LogP contribution in [0.25, 0.3) is 0 Å². The van der Waals surface area contributed by atoms with Crippen LogP contribution in [0.3, 0.4) is 0 Å². The molecule has 0 radical (unpaired) electrons. The van der Waals surface area contributed by atoms with Crippen LogP contribution in [0, 0.1) is 0 Å². The Labute approximate surface area is 184 Å². The van der Waals surface area contributed by atoms with Gasteiger partial charge in [-0.15, -0.1) is 0 Å². The third-order valence-electron chi connectivity index (χ3n) is 5.55. The molecule has 0 N–H and O–H groups in total. The number of rotatable bonds is 4. The van der Waals surface area contributed by atoms with E-state index in [0.29, 0.717) is 11.3 Å². The molecule has 0 unspecified atom stereocenters. The molecular formula is C24H32N2O5. The summed E-state index contributed by atoms with van der Waals surface area (Å²) >= 11 is 0. The van der Waals surface area contributed by atoms with Gasteiger partial charge in [-0.3, -0.25) is 4.79 Å². The van der Waals surface area contributed by atoms with Crippen molar-refractivity contribution < 1.29 is 23.7 Å². The minimum absolute atomic E-state index is 0.0653. The van der Waals surface area contributed by atoms with Crippen LogP contribution in [0.15, 0.2) is 36.4 Å². The molecule has 168 valence electrons. The molecule has 0 aliphatic carbocycles. The normalized spacial score (nSPS) is 15.7. The van der Waals surface area contributed by atoms with Crippen LogP contribution < -0.4 is 18.9 Å². The number of amides is 1. The van der Waals surface area contributed by atoms with E-state index in [4.69, 9.17) is 18.9 Å². The highest BCUT2D eigenvalue weighted by atomic mass is 16.5. The van der Waals surface area contributed by atoms with Gasteiger partial charge in [0.2, 0.25) is 0 Å². The number of carbonyl (C=O) groups excluding carboxylic acids is 1. The summed E-state index contributed by atoms with van der Waals surface area (Å²) in [6.45, 7) is 4.21. The number of nitrogens with zero attached hydrogens (tertiary/aromatic N) is 2. The van der Waals surface area contributed by atoms with Gasteiger partial charge in [0.25, 0.3) is 5.91 Å². The first-order valence-corrected chi connectivity index (χ1v) is 10.6. The number of methoxy groups -OCH3 is 3. The topological polar surface area (TPSA) is 60.5 Å². The van der Waals surface area contributed by atoms with Crippen LogP contribution in [0.1, 0.15) is 22.3 Å². The largest absolute Gasteiger partial charge is 0.496 e. The van der Waals surface area contributed by atoms with E-state index in [0.717, 1.165) is 68.4 Å². The van der Waals surface area contributed by atoms with Crippen molar-refractivity contribution in [3.63, 3.8) is 0 Å². The SMILES string of the molecule is COc1cc(OC)c2c(c1)OCCC2.COc1ccccc1C(=O)N1CCN(C)CC1. The lowest BCUT2D eigenvalue weighted by Gasteiger charge is -2.32. The molecule has 7 heteroatoms. The maximum Gasteiger partial charge on any atom is 0.257 e. The van der Waals surface area contributed by atoms with Crippen molar-refractivity contribution in [3.05, 3.63) is 47.5 Å². The Balaban J connectivity index is 0.000000179. The Hall–Kier alpha value is -2.93. The fourth-order valence-electron chi connectivity index (χ4n) is 3.70. The zero-order chi connectivity index (χ0) is 22.2. The Bertz CT molecular complexity index is 861. The fourth-order valence-corrected chi connectivity index (χ4v) is 3.70. The highest BCUT2D eigenvalue weighted by Gasteiger charge is 2.22. The molecule has 7 nitrogen and oxygen atoms in total. The number of benzene rings is 2. The molecule has 2 aliphatic heterocycles. The molecule has 0 bridgehead atoms. The summed E-state index contributed by atoms with van der Waals surface area (Å²) in [5.41, 5.74) is 1.80. The molecule has 2 heterocycles. The number of hydrogen-bond donors (Lipinski definition) is 0. The van der Waals surface area contributed by atoms with Crippen LogP contribution in [0.2, 0.25) is 0 Å². The maximum atomic E-state index is 12.3. The number of para-hydroxylation sites is 1. The Morgan fingerprint density at radius 3 is 2.32 bits per heavy atom. The van der Waals surface area contributed by atoms with Gasteiger partial charge in [-0.25, -0.2) is 0 Å². The molecule has 31 heavy (non-hydrogen) atoms. The van der Waals surface area contributed by atoms with Crippen LogP contribution in [0.4, 0.5) is 0 Å². The van der Waals surface area contributed by atoms with Gasteiger partial charge in [0.05, 0.1) is 33.5 Å². The summed E-state index contributed by atoms with van der Waals surface area (Å²) in [7, 11) is 6.98. The van der Waals surface area contributed by atoms with Crippen molar-refractivity contribution in [3.8, 4) is 23.0 Å². The van der Waals surface area contributed by atoms with Gasteiger partial charge in [0, 0.05) is 43.9 Å². The van der Waals surface area contributed by atoms with E-state index < -0.39 is 0 Å². The van der Waals surface area contributed by atoms with Crippen molar-refractivity contribution in [2.75, 3.05) is 61.2 Å². The summed E-state index contributed by atoms with van der Waals surface area (Å²) in [6, 6.07) is 11.2. The number of carbonyl (C=O) groups is 1. The van der Waals surface area contributed by atoms with E-state index in [1.807, 2.05) is 41.3 Å². The van der Waals surface area contributed by atoms with Crippen molar-refractivity contribution in [2.24, 2.45) is 0 Å². The Morgan fingerprint density at radius 2 is 1.65 bits per heavy atom. The average Bonchev–Trinajstić information content (AvgIpc) is 2.83. The molecule has 1 fully saturated rings. The van der Waals surface area contributed by atoms with E-state index in [1.165, 1.54) is 0 Å². The number of fused-ring (bicyclic) bond motifs is 1. The summed E-state index contributed by atoms with van der Waals surface area (Å²) < 4.78 is 21.2. The summed E-state index contributed by atoms with van der Waals surface area (Å²) in [6.07, 6.45) is 2.07. The van der Waals surface area contributed by atoms with E-state index in [1.54, 1.807) is 21.3 Å². The molecule has 0 spiro atoms. The van der Waals surface area contributed by atoms with Gasteiger partial charge in [-0.1, -0.05) is 12.1 Å². The van der Waals surface area contributed by atoms with Crippen molar-refractivity contribution in [1.29, 1.82) is 0 Å². The standard InChI is InChI=1S/C13H18N2O2.C11H14O3/c1-14-7-9-15(10-8-14)13(16)11-5-3-4-6-12(11)17-2;1-12-8-6-10(13-2)9-4-3-5-14-11(9)7-8/h3-6H,7-10H2,1-2H3;6-7H,3-5H2,1-2H3. The number of ether oxygens (including phenoxy) is 4. The van der Waals surface area contributed by atoms with Crippen LogP contribution in [0.5, 0.6) is 23.0 Å². The second-order valence-electron chi connectivity index (χ2n) is 7.55. The first-order valence-electron chi connectivity index (χ1n) is 10.6. The van der Waals surface area contributed by atoms with Crippen LogP contribution in [-0.2, 0) is 6.42 Å². The van der Waals surface area contributed by atoms with Crippen molar-refractivity contribution in [1.82, 2.24) is 9.80 Å². The monoisotopic (exact) mass is 428 g/mol. The van der Waals surface area contributed by atoms with Gasteiger partial charge in [-0.2, -0.15) is 0 Å². The Morgan fingerprint density at radius 1 is 0.935 bits per heavy atom. The van der Waals surface area contributed by atoms with Gasteiger partial charge in [0.15, 0.2) is 0 Å². The predicted molar refractivity (Wildman–Crippen MR) is 120 cm³/mol. The molecule has 0 atom stereocenters. The minimum Gasteiger partial charge on any atom is -0.496 e. The highest BCUT2D eigenvalue weighted by Crippen LogP contribution is 2.37. The van der Waals surface area contributed by atoms with Crippen LogP contribution >= 0.6 is 0 Å². The zero-order valence-corrected chi connectivity index (χ0v) is 18.8. The molecule has 0 aromatic heterocycles. The predicted octanol–water partition coefficient (Wildman–Crippen LogP) is 3.11. The summed E-state index contributed by atoms with van der Waals surface area (Å²) in [5, 5.41) is 0. The minimum atomic E-state index is 0.0653. The van der Waals surface area contributed by atoms with E-state index in [2.05, 4.69) is 11.9 Å². The highest BCUT2D eigenvalue weighted by molar-refractivity contribution is 5.97. The quantitative estimate of drug-likeness (QED) is 0.746. The molecule has 1 amide bonds. The van der Waals surface area contributed by atoms with E-state index in [-0.39, 0.29) is 5.91 Å². The number of likely N-dealkylation sites (N-methyl/N-ethyl adjacent to an activating group) is 1. The van der Waals surface area contributed by atoms with Gasteiger partial charge in [0.1, 0.15) is 23.0 Å².